The van der Waals surface area contributed by atoms with Gasteiger partial charge in [-0.15, -0.1) is 0 Å². The molecule has 1 heterocycles. The highest BCUT2D eigenvalue weighted by molar-refractivity contribution is 5.87. The fourth-order valence-corrected chi connectivity index (χ4v) is 0.791. The van der Waals surface area contributed by atoms with Crippen molar-refractivity contribution in [3.63, 3.8) is 0 Å². The molecule has 1 radical (unpaired) electrons. The number of rotatable bonds is 3. The first-order chi connectivity index (χ1) is 6.24. The van der Waals surface area contributed by atoms with E-state index >= 15 is 0 Å². The minimum absolute atomic E-state index is 0.0703. The Labute approximate surface area is 76.2 Å². The summed E-state index contributed by atoms with van der Waals surface area (Å²) in [7, 11) is 0. The molecule has 4 heteroatoms. The predicted molar refractivity (Wildman–Crippen MR) is 44.9 cm³/mol. The Morgan fingerprint density at radius 1 is 1.62 bits per heavy atom. The van der Waals surface area contributed by atoms with Crippen LogP contribution in [0.1, 0.15) is 23.8 Å². The monoisotopic (exact) mass is 180 g/mol. The number of carbonyl (C=O) groups is 1. The van der Waals surface area contributed by atoms with Gasteiger partial charge in [0.1, 0.15) is 0 Å². The number of nitrogens with zero attached hydrogens (tertiary/aromatic N) is 1. The minimum atomic E-state index is -0.542. The summed E-state index contributed by atoms with van der Waals surface area (Å²) in [6.07, 6.45) is 2.05. The molecular weight excluding hydrogens is 170 g/mol. The summed E-state index contributed by atoms with van der Waals surface area (Å²) >= 11 is 0. The summed E-state index contributed by atoms with van der Waals surface area (Å²) in [5, 5.41) is 10.8. The standard InChI is InChI=1S/C9H10NO3/c1-2-5-13-9(12)8-6-7(11)3-4-10-8/h3-4,6H,2,5H2,1H3. The van der Waals surface area contributed by atoms with Crippen molar-refractivity contribution in [2.75, 3.05) is 6.61 Å². The summed E-state index contributed by atoms with van der Waals surface area (Å²) in [6.45, 7) is 2.24. The lowest BCUT2D eigenvalue weighted by atomic mass is 10.3. The molecule has 0 spiro atoms. The summed E-state index contributed by atoms with van der Waals surface area (Å²) in [5.74, 6) is -0.780. The molecule has 1 aromatic rings. The van der Waals surface area contributed by atoms with Crippen LogP contribution in [0.15, 0.2) is 18.3 Å². The van der Waals surface area contributed by atoms with E-state index in [4.69, 9.17) is 4.74 Å². The Bertz CT molecular complexity index is 299. The van der Waals surface area contributed by atoms with Crippen molar-refractivity contribution in [1.82, 2.24) is 4.98 Å². The number of hydrogen-bond acceptors (Lipinski definition) is 3. The predicted octanol–water partition coefficient (Wildman–Crippen LogP) is 1.79. The normalized spacial score (nSPS) is 9.62. The van der Waals surface area contributed by atoms with Gasteiger partial charge in [-0.1, -0.05) is 6.92 Å². The molecule has 0 aliphatic rings. The molecule has 0 amide bonds. The van der Waals surface area contributed by atoms with Crippen molar-refractivity contribution in [3.05, 3.63) is 24.0 Å². The first-order valence-corrected chi connectivity index (χ1v) is 4.04. The quantitative estimate of drug-likeness (QED) is 0.666. The maximum Gasteiger partial charge on any atom is 0.357 e. The van der Waals surface area contributed by atoms with Crippen molar-refractivity contribution in [1.29, 1.82) is 0 Å². The molecule has 0 aliphatic carbocycles. The molecule has 69 valence electrons. The van der Waals surface area contributed by atoms with Crippen LogP contribution >= 0.6 is 0 Å². The Morgan fingerprint density at radius 3 is 3.00 bits per heavy atom. The minimum Gasteiger partial charge on any atom is -0.461 e. The highest BCUT2D eigenvalue weighted by Crippen LogP contribution is 2.09. The molecule has 0 saturated carbocycles. The van der Waals surface area contributed by atoms with Gasteiger partial charge in [-0.05, 0) is 6.42 Å². The Morgan fingerprint density at radius 2 is 2.38 bits per heavy atom. The van der Waals surface area contributed by atoms with E-state index in [1.165, 1.54) is 12.3 Å². The second kappa shape index (κ2) is 4.45. The first kappa shape index (κ1) is 9.51. The fourth-order valence-electron chi connectivity index (χ4n) is 0.791. The molecule has 0 fully saturated rings. The van der Waals surface area contributed by atoms with E-state index in [9.17, 15) is 9.90 Å². The van der Waals surface area contributed by atoms with Gasteiger partial charge in [-0.2, -0.15) is 0 Å². The highest BCUT2D eigenvalue weighted by Gasteiger charge is 2.08. The van der Waals surface area contributed by atoms with Gasteiger partial charge in [0.05, 0.1) is 6.61 Å². The van der Waals surface area contributed by atoms with Gasteiger partial charge in [-0.3, -0.25) is 5.11 Å². The summed E-state index contributed by atoms with van der Waals surface area (Å²) in [5.41, 5.74) is 0.0703. The lowest BCUT2D eigenvalue weighted by Crippen LogP contribution is -2.07. The molecule has 1 aromatic heterocycles. The summed E-state index contributed by atoms with van der Waals surface area (Å²) in [4.78, 5) is 14.9. The number of hydrogen-bond donors (Lipinski definition) is 0. The molecule has 0 aromatic carbocycles. The van der Waals surface area contributed by atoms with Gasteiger partial charge >= 0.3 is 5.97 Å². The van der Waals surface area contributed by atoms with E-state index < -0.39 is 5.97 Å². The van der Waals surface area contributed by atoms with E-state index in [-0.39, 0.29) is 11.4 Å². The average Bonchev–Trinajstić information content (AvgIpc) is 2.14. The molecule has 0 aliphatic heterocycles. The average molecular weight is 180 g/mol. The molecule has 1 rings (SSSR count). The van der Waals surface area contributed by atoms with Crippen molar-refractivity contribution < 1.29 is 14.6 Å². The van der Waals surface area contributed by atoms with Crippen LogP contribution in [-0.2, 0) is 9.84 Å². The van der Waals surface area contributed by atoms with Gasteiger partial charge in [0.15, 0.2) is 11.4 Å². The smallest absolute Gasteiger partial charge is 0.357 e. The van der Waals surface area contributed by atoms with Crippen LogP contribution < -0.4 is 0 Å². The second-order valence-electron chi connectivity index (χ2n) is 2.51. The van der Waals surface area contributed by atoms with Gasteiger partial charge in [0.2, 0.25) is 0 Å². The van der Waals surface area contributed by atoms with Gasteiger partial charge in [-0.25, -0.2) is 9.78 Å². The van der Waals surface area contributed by atoms with Crippen LogP contribution in [-0.4, -0.2) is 17.6 Å². The van der Waals surface area contributed by atoms with E-state index in [1.807, 2.05) is 6.92 Å². The third-order valence-corrected chi connectivity index (χ3v) is 1.38. The highest BCUT2D eigenvalue weighted by atomic mass is 16.5. The molecule has 13 heavy (non-hydrogen) atoms. The van der Waals surface area contributed by atoms with Crippen LogP contribution in [0, 0.1) is 0 Å². The molecule has 0 unspecified atom stereocenters. The van der Waals surface area contributed by atoms with Crippen LogP contribution in [0.4, 0.5) is 0 Å². The molecule has 0 bridgehead atoms. The zero-order valence-corrected chi connectivity index (χ0v) is 7.32. The maximum atomic E-state index is 11.1. The van der Waals surface area contributed by atoms with Crippen LogP contribution in [0.3, 0.4) is 0 Å². The number of aromatic nitrogens is 1. The van der Waals surface area contributed by atoms with E-state index in [2.05, 4.69) is 4.98 Å². The third kappa shape index (κ3) is 2.74. The first-order valence-electron chi connectivity index (χ1n) is 4.04. The van der Waals surface area contributed by atoms with Crippen molar-refractivity contribution >= 4 is 5.97 Å². The van der Waals surface area contributed by atoms with E-state index in [0.717, 1.165) is 12.5 Å². The Balaban J connectivity index is 2.66. The number of pyridine rings is 1. The second-order valence-corrected chi connectivity index (χ2v) is 2.51. The lowest BCUT2D eigenvalue weighted by molar-refractivity contribution is 0.0497. The summed E-state index contributed by atoms with van der Waals surface area (Å²) < 4.78 is 4.79. The van der Waals surface area contributed by atoms with Crippen LogP contribution in [0.2, 0.25) is 0 Å². The topological polar surface area (TPSA) is 59.1 Å². The van der Waals surface area contributed by atoms with E-state index in [1.54, 1.807) is 0 Å². The van der Waals surface area contributed by atoms with Crippen molar-refractivity contribution in [2.45, 2.75) is 13.3 Å². The zero-order valence-electron chi connectivity index (χ0n) is 7.32. The lowest BCUT2D eigenvalue weighted by Gasteiger charge is -2.00. The van der Waals surface area contributed by atoms with Crippen LogP contribution in [0.5, 0.6) is 5.75 Å². The summed E-state index contributed by atoms with van der Waals surface area (Å²) in [6, 6.07) is 2.45. The number of esters is 1. The number of carbonyl (C=O) groups excluding carboxylic acids is 1. The SMILES string of the molecule is CCCOC(=O)c1cc([O])ccn1. The van der Waals surface area contributed by atoms with Gasteiger partial charge < -0.3 is 4.74 Å². The third-order valence-electron chi connectivity index (χ3n) is 1.38. The Kier molecular flexibility index (Phi) is 3.25. The molecule has 0 N–H and O–H groups in total. The molecule has 0 saturated heterocycles. The fraction of sp³-hybridized carbons (Fsp3) is 0.333. The van der Waals surface area contributed by atoms with Crippen molar-refractivity contribution in [3.8, 4) is 5.75 Å². The molecule has 4 nitrogen and oxygen atoms in total. The molecule has 0 atom stereocenters. The zero-order chi connectivity index (χ0) is 9.68. The van der Waals surface area contributed by atoms with Gasteiger partial charge in [0.25, 0.3) is 0 Å². The Hall–Kier alpha value is -1.58. The van der Waals surface area contributed by atoms with E-state index in [0.29, 0.717) is 6.61 Å². The largest absolute Gasteiger partial charge is 0.461 e. The van der Waals surface area contributed by atoms with Gasteiger partial charge in [0, 0.05) is 18.3 Å². The molecular formula is C9H10NO3. The van der Waals surface area contributed by atoms with Crippen LogP contribution in [0.25, 0.3) is 0 Å². The maximum absolute atomic E-state index is 11.1. The van der Waals surface area contributed by atoms with Crippen molar-refractivity contribution in [2.24, 2.45) is 0 Å². The number of ether oxygens (including phenoxy) is 1.